The summed E-state index contributed by atoms with van der Waals surface area (Å²) in [5, 5.41) is 9.58. The van der Waals surface area contributed by atoms with Gasteiger partial charge in [0.25, 0.3) is 0 Å². The van der Waals surface area contributed by atoms with Crippen LogP contribution in [0.5, 0.6) is 5.75 Å². The van der Waals surface area contributed by atoms with E-state index in [1.54, 1.807) is 23.1 Å². The lowest BCUT2D eigenvalue weighted by Gasteiger charge is -2.17. The number of aliphatic hydroxyl groups excluding tert-OH is 1. The first-order valence-electron chi connectivity index (χ1n) is 5.40. The molecule has 1 saturated heterocycles. The first-order chi connectivity index (χ1) is 8.15. The molecule has 1 atom stereocenters. The van der Waals surface area contributed by atoms with Crippen molar-refractivity contribution in [1.82, 2.24) is 0 Å². The zero-order valence-electron chi connectivity index (χ0n) is 9.52. The van der Waals surface area contributed by atoms with Gasteiger partial charge in [0.05, 0.1) is 12.1 Å². The molecule has 1 aromatic rings. The number of hydrogen-bond acceptors (Lipinski definition) is 3. The molecule has 1 heterocycles. The fourth-order valence-corrected chi connectivity index (χ4v) is 2.16. The molecule has 0 spiro atoms. The van der Waals surface area contributed by atoms with Crippen LogP contribution in [0.2, 0.25) is 5.02 Å². The summed E-state index contributed by atoms with van der Waals surface area (Å²) in [7, 11) is 1.54. The van der Waals surface area contributed by atoms with E-state index in [2.05, 4.69) is 0 Å². The van der Waals surface area contributed by atoms with Crippen LogP contribution in [0, 0.1) is 5.92 Å². The number of methoxy groups -OCH3 is 1. The Bertz CT molecular complexity index is 436. The maximum Gasteiger partial charge on any atom is 0.227 e. The molecule has 0 bridgehead atoms. The van der Waals surface area contributed by atoms with Crippen molar-refractivity contribution >= 4 is 23.2 Å². The second-order valence-corrected chi connectivity index (χ2v) is 4.48. The minimum absolute atomic E-state index is 0.0178. The summed E-state index contributed by atoms with van der Waals surface area (Å²) in [6.07, 6.45) is 0.390. The molecule has 1 unspecified atom stereocenters. The van der Waals surface area contributed by atoms with E-state index in [4.69, 9.17) is 21.4 Å². The third-order valence-electron chi connectivity index (χ3n) is 2.91. The molecule has 17 heavy (non-hydrogen) atoms. The van der Waals surface area contributed by atoms with Gasteiger partial charge in [-0.15, -0.1) is 0 Å². The van der Waals surface area contributed by atoms with E-state index in [1.807, 2.05) is 0 Å². The molecule has 1 amide bonds. The van der Waals surface area contributed by atoms with Crippen LogP contribution in [0.25, 0.3) is 0 Å². The Kier molecular flexibility index (Phi) is 3.54. The van der Waals surface area contributed by atoms with Crippen molar-refractivity contribution in [1.29, 1.82) is 0 Å². The van der Waals surface area contributed by atoms with Crippen LogP contribution in [-0.2, 0) is 4.79 Å². The zero-order valence-corrected chi connectivity index (χ0v) is 10.3. The summed E-state index contributed by atoms with van der Waals surface area (Å²) in [5.74, 6) is 0.585. The van der Waals surface area contributed by atoms with Crippen LogP contribution in [0.3, 0.4) is 0 Å². The largest absolute Gasteiger partial charge is 0.495 e. The predicted molar refractivity (Wildman–Crippen MR) is 65.5 cm³/mol. The highest BCUT2D eigenvalue weighted by molar-refractivity contribution is 6.32. The van der Waals surface area contributed by atoms with Gasteiger partial charge in [0, 0.05) is 37.2 Å². The number of hydrogen-bond donors (Lipinski definition) is 1. The van der Waals surface area contributed by atoms with Crippen LogP contribution in [0.15, 0.2) is 18.2 Å². The zero-order chi connectivity index (χ0) is 12.4. The van der Waals surface area contributed by atoms with Gasteiger partial charge in [-0.05, 0) is 12.1 Å². The third-order valence-corrected chi connectivity index (χ3v) is 3.22. The van der Waals surface area contributed by atoms with Gasteiger partial charge in [-0.1, -0.05) is 11.6 Å². The van der Waals surface area contributed by atoms with E-state index < -0.39 is 0 Å². The number of halogens is 1. The molecule has 92 valence electrons. The van der Waals surface area contributed by atoms with Crippen LogP contribution < -0.4 is 9.64 Å². The number of ether oxygens (including phenoxy) is 1. The second-order valence-electron chi connectivity index (χ2n) is 4.08. The normalized spacial score (nSPS) is 19.8. The Balaban J connectivity index is 2.26. The van der Waals surface area contributed by atoms with E-state index >= 15 is 0 Å². The van der Waals surface area contributed by atoms with Gasteiger partial charge in [0.1, 0.15) is 5.75 Å². The van der Waals surface area contributed by atoms with Crippen molar-refractivity contribution in [3.05, 3.63) is 23.2 Å². The lowest BCUT2D eigenvalue weighted by atomic mass is 10.1. The molecule has 1 fully saturated rings. The number of aliphatic hydroxyl groups is 1. The molecule has 5 heteroatoms. The van der Waals surface area contributed by atoms with Gasteiger partial charge in [-0.3, -0.25) is 4.79 Å². The lowest BCUT2D eigenvalue weighted by molar-refractivity contribution is -0.117. The average Bonchev–Trinajstić information content (AvgIpc) is 2.71. The number of anilines is 1. The van der Waals surface area contributed by atoms with Crippen LogP contribution in [-0.4, -0.2) is 31.3 Å². The summed E-state index contributed by atoms with van der Waals surface area (Å²) in [6, 6.07) is 5.22. The van der Waals surface area contributed by atoms with E-state index in [0.29, 0.717) is 23.7 Å². The van der Waals surface area contributed by atoms with Crippen molar-refractivity contribution in [2.24, 2.45) is 5.92 Å². The van der Waals surface area contributed by atoms with E-state index in [1.165, 1.54) is 7.11 Å². The summed E-state index contributed by atoms with van der Waals surface area (Å²) in [5.41, 5.74) is 0.757. The summed E-state index contributed by atoms with van der Waals surface area (Å²) >= 11 is 5.93. The lowest BCUT2D eigenvalue weighted by Crippen LogP contribution is -2.24. The average molecular weight is 256 g/mol. The Morgan fingerprint density at radius 2 is 2.35 bits per heavy atom. The molecule has 1 N–H and O–H groups in total. The Labute approximate surface area is 105 Å². The summed E-state index contributed by atoms with van der Waals surface area (Å²) in [6.45, 7) is 0.576. The van der Waals surface area contributed by atoms with Crippen molar-refractivity contribution in [3.8, 4) is 5.75 Å². The van der Waals surface area contributed by atoms with Crippen molar-refractivity contribution < 1.29 is 14.6 Å². The van der Waals surface area contributed by atoms with Gasteiger partial charge in [-0.25, -0.2) is 0 Å². The van der Waals surface area contributed by atoms with Crippen molar-refractivity contribution in [3.63, 3.8) is 0 Å². The Hall–Kier alpha value is -1.26. The number of carbonyl (C=O) groups excluding carboxylic acids is 1. The van der Waals surface area contributed by atoms with Crippen LogP contribution in [0.1, 0.15) is 6.42 Å². The van der Waals surface area contributed by atoms with E-state index in [9.17, 15) is 4.79 Å². The van der Waals surface area contributed by atoms with E-state index in [0.717, 1.165) is 5.69 Å². The molecule has 1 aromatic carbocycles. The maximum atomic E-state index is 11.8. The third kappa shape index (κ3) is 2.37. The smallest absolute Gasteiger partial charge is 0.227 e. The number of nitrogens with zero attached hydrogens (tertiary/aromatic N) is 1. The first-order valence-corrected chi connectivity index (χ1v) is 5.78. The topological polar surface area (TPSA) is 49.8 Å². The van der Waals surface area contributed by atoms with Gasteiger partial charge in [0.15, 0.2) is 0 Å². The van der Waals surface area contributed by atoms with E-state index in [-0.39, 0.29) is 18.4 Å². The van der Waals surface area contributed by atoms with Crippen LogP contribution >= 0.6 is 11.6 Å². The molecule has 4 nitrogen and oxygen atoms in total. The quantitative estimate of drug-likeness (QED) is 0.894. The summed E-state index contributed by atoms with van der Waals surface area (Å²) in [4.78, 5) is 13.4. The fourth-order valence-electron chi connectivity index (χ4n) is 1.97. The van der Waals surface area contributed by atoms with Gasteiger partial charge < -0.3 is 14.7 Å². The van der Waals surface area contributed by atoms with Gasteiger partial charge in [0.2, 0.25) is 5.91 Å². The molecular formula is C12H14ClNO3. The predicted octanol–water partition coefficient (Wildman–Crippen LogP) is 1.69. The first kappa shape index (κ1) is 12.2. The highest BCUT2D eigenvalue weighted by Gasteiger charge is 2.30. The highest BCUT2D eigenvalue weighted by atomic mass is 35.5. The monoisotopic (exact) mass is 255 g/mol. The molecule has 0 saturated carbocycles. The fraction of sp³-hybridized carbons (Fsp3) is 0.417. The van der Waals surface area contributed by atoms with Crippen molar-refractivity contribution in [2.75, 3.05) is 25.2 Å². The molecular weight excluding hydrogens is 242 g/mol. The number of carbonyl (C=O) groups is 1. The molecule has 2 rings (SSSR count). The molecule has 0 aromatic heterocycles. The standard InChI is InChI=1S/C12H14ClNO3/c1-17-11-5-9(2-3-10(11)13)14-6-8(7-15)4-12(14)16/h2-3,5,8,15H,4,6-7H2,1H3. The minimum atomic E-state index is 0.0178. The number of rotatable bonds is 3. The van der Waals surface area contributed by atoms with Crippen molar-refractivity contribution in [2.45, 2.75) is 6.42 Å². The number of amides is 1. The Morgan fingerprint density at radius 3 is 2.94 bits per heavy atom. The number of benzene rings is 1. The van der Waals surface area contributed by atoms with Gasteiger partial charge >= 0.3 is 0 Å². The van der Waals surface area contributed by atoms with Gasteiger partial charge in [-0.2, -0.15) is 0 Å². The Morgan fingerprint density at radius 1 is 1.59 bits per heavy atom. The second kappa shape index (κ2) is 4.94. The minimum Gasteiger partial charge on any atom is -0.495 e. The molecule has 1 aliphatic heterocycles. The molecule has 1 aliphatic rings. The highest BCUT2D eigenvalue weighted by Crippen LogP contribution is 2.32. The molecule has 0 radical (unpaired) electrons. The summed E-state index contributed by atoms with van der Waals surface area (Å²) < 4.78 is 5.11. The molecule has 0 aliphatic carbocycles. The maximum absolute atomic E-state index is 11.8. The SMILES string of the molecule is COc1cc(N2CC(CO)CC2=O)ccc1Cl. The van der Waals surface area contributed by atoms with Crippen LogP contribution in [0.4, 0.5) is 5.69 Å².